The SMILES string of the molecule is CCOC(=O)C(N)C(=O)NCC1CCCC1O. The van der Waals surface area contributed by atoms with Crippen molar-refractivity contribution in [2.45, 2.75) is 38.3 Å². The lowest BCUT2D eigenvalue weighted by Gasteiger charge is -2.16. The summed E-state index contributed by atoms with van der Waals surface area (Å²) in [5, 5.41) is 12.1. The molecule has 1 saturated carbocycles. The van der Waals surface area contributed by atoms with E-state index in [1.165, 1.54) is 0 Å². The molecule has 17 heavy (non-hydrogen) atoms. The van der Waals surface area contributed by atoms with Crippen LogP contribution in [0.2, 0.25) is 0 Å². The first-order valence-corrected chi connectivity index (χ1v) is 5.94. The van der Waals surface area contributed by atoms with Crippen LogP contribution in [0.1, 0.15) is 26.2 Å². The Kier molecular flexibility index (Phi) is 5.37. The van der Waals surface area contributed by atoms with Crippen LogP contribution in [0.25, 0.3) is 0 Å². The Hall–Kier alpha value is -1.14. The van der Waals surface area contributed by atoms with Crippen molar-refractivity contribution in [1.82, 2.24) is 5.32 Å². The molecule has 6 heteroatoms. The molecule has 6 nitrogen and oxygen atoms in total. The minimum absolute atomic E-state index is 0.0633. The summed E-state index contributed by atoms with van der Waals surface area (Å²) in [5.74, 6) is -1.21. The zero-order chi connectivity index (χ0) is 12.8. The van der Waals surface area contributed by atoms with Gasteiger partial charge in [0, 0.05) is 12.5 Å². The summed E-state index contributed by atoms with van der Waals surface area (Å²) in [6.45, 7) is 2.20. The highest BCUT2D eigenvalue weighted by atomic mass is 16.5. The molecular formula is C11H20N2O4. The largest absolute Gasteiger partial charge is 0.464 e. The van der Waals surface area contributed by atoms with Crippen molar-refractivity contribution < 1.29 is 19.4 Å². The van der Waals surface area contributed by atoms with Crippen LogP contribution >= 0.6 is 0 Å². The van der Waals surface area contributed by atoms with Crippen LogP contribution in [-0.2, 0) is 14.3 Å². The average molecular weight is 244 g/mol. The number of amides is 1. The van der Waals surface area contributed by atoms with Crippen LogP contribution in [0.3, 0.4) is 0 Å². The van der Waals surface area contributed by atoms with Crippen molar-refractivity contribution in [1.29, 1.82) is 0 Å². The van der Waals surface area contributed by atoms with E-state index in [-0.39, 0.29) is 18.6 Å². The average Bonchev–Trinajstić information content (AvgIpc) is 2.71. The maximum atomic E-state index is 11.5. The van der Waals surface area contributed by atoms with Crippen LogP contribution in [0.15, 0.2) is 0 Å². The number of aliphatic hydroxyl groups excluding tert-OH is 1. The Morgan fingerprint density at radius 3 is 2.76 bits per heavy atom. The molecule has 0 aromatic carbocycles. The third-order valence-electron chi connectivity index (χ3n) is 2.98. The summed E-state index contributed by atoms with van der Waals surface area (Å²) in [6, 6.07) is -1.28. The van der Waals surface area contributed by atoms with Gasteiger partial charge >= 0.3 is 5.97 Å². The van der Waals surface area contributed by atoms with Crippen LogP contribution in [0, 0.1) is 5.92 Å². The third-order valence-corrected chi connectivity index (χ3v) is 2.98. The number of nitrogens with two attached hydrogens (primary N) is 1. The van der Waals surface area contributed by atoms with Gasteiger partial charge in [0.25, 0.3) is 0 Å². The Labute approximate surface area is 101 Å². The fourth-order valence-corrected chi connectivity index (χ4v) is 1.94. The molecule has 0 aliphatic heterocycles. The molecule has 1 rings (SSSR count). The number of nitrogens with one attached hydrogen (secondary N) is 1. The fraction of sp³-hybridized carbons (Fsp3) is 0.818. The van der Waals surface area contributed by atoms with Crippen molar-refractivity contribution in [3.05, 3.63) is 0 Å². The Bertz CT molecular complexity index is 283. The van der Waals surface area contributed by atoms with Crippen molar-refractivity contribution >= 4 is 11.9 Å². The second kappa shape index (κ2) is 6.56. The molecule has 3 unspecified atom stereocenters. The first-order chi connectivity index (χ1) is 8.06. The predicted molar refractivity (Wildman–Crippen MR) is 61.0 cm³/mol. The van der Waals surface area contributed by atoms with Gasteiger partial charge < -0.3 is 20.9 Å². The minimum Gasteiger partial charge on any atom is -0.464 e. The molecule has 0 heterocycles. The molecule has 1 fully saturated rings. The Balaban J connectivity index is 2.31. The quantitative estimate of drug-likeness (QED) is 0.432. The molecule has 0 saturated heterocycles. The molecule has 98 valence electrons. The van der Waals surface area contributed by atoms with E-state index in [9.17, 15) is 14.7 Å². The van der Waals surface area contributed by atoms with Crippen molar-refractivity contribution in [3.8, 4) is 0 Å². The van der Waals surface area contributed by atoms with Gasteiger partial charge in [-0.1, -0.05) is 6.42 Å². The number of hydrogen-bond acceptors (Lipinski definition) is 5. The number of ether oxygens (including phenoxy) is 1. The molecule has 0 bridgehead atoms. The standard InChI is InChI=1S/C11H20N2O4/c1-2-17-11(16)9(12)10(15)13-6-7-4-3-5-8(7)14/h7-9,14H,2-6,12H2,1H3,(H,13,15). The van der Waals surface area contributed by atoms with E-state index >= 15 is 0 Å². The molecule has 0 spiro atoms. The molecular weight excluding hydrogens is 224 g/mol. The van der Waals surface area contributed by atoms with Gasteiger partial charge in [0.05, 0.1) is 12.7 Å². The summed E-state index contributed by atoms with van der Waals surface area (Å²) in [6.07, 6.45) is 2.25. The Morgan fingerprint density at radius 1 is 1.53 bits per heavy atom. The van der Waals surface area contributed by atoms with Gasteiger partial charge in [-0.25, -0.2) is 4.79 Å². The van der Waals surface area contributed by atoms with E-state index in [0.717, 1.165) is 19.3 Å². The summed E-state index contributed by atoms with van der Waals surface area (Å²) in [4.78, 5) is 22.7. The maximum absolute atomic E-state index is 11.5. The van der Waals surface area contributed by atoms with E-state index in [2.05, 4.69) is 10.1 Å². The summed E-state index contributed by atoms with van der Waals surface area (Å²) >= 11 is 0. The smallest absolute Gasteiger partial charge is 0.332 e. The van der Waals surface area contributed by atoms with Crippen LogP contribution in [0.4, 0.5) is 0 Å². The first kappa shape index (κ1) is 13.9. The van der Waals surface area contributed by atoms with Crippen molar-refractivity contribution in [3.63, 3.8) is 0 Å². The number of aliphatic hydroxyl groups is 1. The fourth-order valence-electron chi connectivity index (χ4n) is 1.94. The van der Waals surface area contributed by atoms with Crippen LogP contribution in [0.5, 0.6) is 0 Å². The molecule has 0 aromatic heterocycles. The highest BCUT2D eigenvalue weighted by molar-refractivity contribution is 6.01. The van der Waals surface area contributed by atoms with Gasteiger partial charge in [-0.05, 0) is 19.8 Å². The first-order valence-electron chi connectivity index (χ1n) is 5.94. The zero-order valence-electron chi connectivity index (χ0n) is 10.0. The number of rotatable bonds is 5. The lowest BCUT2D eigenvalue weighted by atomic mass is 10.1. The molecule has 1 aliphatic carbocycles. The highest BCUT2D eigenvalue weighted by Crippen LogP contribution is 2.24. The summed E-state index contributed by atoms with van der Waals surface area (Å²) in [7, 11) is 0. The lowest BCUT2D eigenvalue weighted by Crippen LogP contribution is -2.48. The molecule has 4 N–H and O–H groups in total. The van der Waals surface area contributed by atoms with Gasteiger partial charge in [-0.15, -0.1) is 0 Å². The van der Waals surface area contributed by atoms with Crippen molar-refractivity contribution in [2.75, 3.05) is 13.2 Å². The normalized spacial score (nSPS) is 25.4. The van der Waals surface area contributed by atoms with Gasteiger partial charge in [0.1, 0.15) is 0 Å². The molecule has 0 aromatic rings. The molecule has 1 aliphatic rings. The third kappa shape index (κ3) is 3.98. The van der Waals surface area contributed by atoms with E-state index in [1.54, 1.807) is 6.92 Å². The van der Waals surface area contributed by atoms with Gasteiger partial charge in [0.2, 0.25) is 5.91 Å². The second-order valence-corrected chi connectivity index (χ2v) is 4.23. The predicted octanol–water partition coefficient (Wildman–Crippen LogP) is -0.846. The second-order valence-electron chi connectivity index (χ2n) is 4.23. The molecule has 1 amide bonds. The van der Waals surface area contributed by atoms with Gasteiger partial charge in [-0.3, -0.25) is 4.79 Å². The molecule has 3 atom stereocenters. The monoisotopic (exact) mass is 244 g/mol. The number of esters is 1. The number of hydrogen-bond donors (Lipinski definition) is 3. The van der Waals surface area contributed by atoms with E-state index in [4.69, 9.17) is 5.73 Å². The van der Waals surface area contributed by atoms with Gasteiger partial charge in [-0.2, -0.15) is 0 Å². The topological polar surface area (TPSA) is 102 Å². The van der Waals surface area contributed by atoms with Crippen molar-refractivity contribution in [2.24, 2.45) is 11.7 Å². The zero-order valence-corrected chi connectivity index (χ0v) is 10.0. The molecule has 0 radical (unpaired) electrons. The number of carbonyl (C=O) groups is 2. The van der Waals surface area contributed by atoms with Crippen LogP contribution in [-0.4, -0.2) is 42.3 Å². The minimum atomic E-state index is -1.28. The van der Waals surface area contributed by atoms with E-state index in [0.29, 0.717) is 6.54 Å². The van der Waals surface area contributed by atoms with Gasteiger partial charge in [0.15, 0.2) is 6.04 Å². The van der Waals surface area contributed by atoms with E-state index in [1.807, 2.05) is 0 Å². The summed E-state index contributed by atoms with van der Waals surface area (Å²) < 4.78 is 4.64. The number of carbonyl (C=O) groups excluding carboxylic acids is 2. The Morgan fingerprint density at radius 2 is 2.24 bits per heavy atom. The lowest BCUT2D eigenvalue weighted by molar-refractivity contribution is -0.148. The highest BCUT2D eigenvalue weighted by Gasteiger charge is 2.28. The van der Waals surface area contributed by atoms with E-state index < -0.39 is 17.9 Å². The summed E-state index contributed by atoms with van der Waals surface area (Å²) in [5.41, 5.74) is 5.42. The van der Waals surface area contributed by atoms with Crippen LogP contribution < -0.4 is 11.1 Å². The maximum Gasteiger partial charge on any atom is 0.332 e.